The Balaban J connectivity index is 0.00000529. The number of amides is 2. The number of hydrogen-bond donors (Lipinski definition) is 6. The highest BCUT2D eigenvalue weighted by Crippen LogP contribution is 2.37. The number of ether oxygens (including phenoxy) is 2. The fourth-order valence-electron chi connectivity index (χ4n) is 2.51. The number of carboxylic acids is 1. The quantitative estimate of drug-likeness (QED) is 0.145. The molecule has 1 aromatic carbocycles. The highest BCUT2D eigenvalue weighted by Gasteiger charge is 2.21. The molecule has 2 amide bonds. The molecule has 0 saturated heterocycles. The van der Waals surface area contributed by atoms with Crippen molar-refractivity contribution >= 4 is 42.4 Å². The highest BCUT2D eigenvalue weighted by molar-refractivity contribution is 7.99. The number of carboxylic acid groups (broad SMARTS) is 1. The Hall–Kier alpha value is -3.29. The molecule has 0 spiro atoms. The number of thioether (sulfide) groups is 1. The van der Waals surface area contributed by atoms with Crippen LogP contribution in [0.15, 0.2) is 18.2 Å². The van der Waals surface area contributed by atoms with Gasteiger partial charge in [0.25, 0.3) is 0 Å². The van der Waals surface area contributed by atoms with E-state index in [1.807, 2.05) is 12.9 Å². The molecule has 1 rings (SSSR count). The maximum Gasteiger partial charge on any atom is 0.320 e. The minimum atomic E-state index is -1.21. The number of hydrogen-bond acceptors (Lipinski definition) is 10. The molecule has 2 atom stereocenters. The Morgan fingerprint density at radius 3 is 2.29 bits per heavy atom. The minimum Gasteiger partial charge on any atom is -0.502 e. The lowest BCUT2D eigenvalue weighted by molar-refractivity contribution is -0.139. The molecule has 0 aliphatic carbocycles. The molecule has 0 fully saturated rings. The molecule has 0 heterocycles. The van der Waals surface area contributed by atoms with Gasteiger partial charge in [-0.2, -0.15) is 11.8 Å². The molecule has 0 radical (unpaired) electrons. The second-order valence-electron chi connectivity index (χ2n) is 6.52. The number of nitrogens with one attached hydrogen (secondary N) is 2. The average molecular weight is 502 g/mol. The van der Waals surface area contributed by atoms with E-state index >= 15 is 0 Å². The molecular weight excluding hydrogens is 470 g/mol. The number of carbonyl (C=O) groups is 4. The van der Waals surface area contributed by atoms with Gasteiger partial charge in [0.2, 0.25) is 17.6 Å². The van der Waals surface area contributed by atoms with Gasteiger partial charge in [0, 0.05) is 17.9 Å². The Morgan fingerprint density at radius 1 is 1.21 bits per heavy atom. The monoisotopic (exact) mass is 501 g/mol. The van der Waals surface area contributed by atoms with Gasteiger partial charge in [-0.25, -0.2) is 0 Å². The summed E-state index contributed by atoms with van der Waals surface area (Å²) in [7, 11) is 2.86. The first-order chi connectivity index (χ1) is 16.2. The predicted octanol–water partition coefficient (Wildman–Crippen LogP) is -0.286. The Morgan fingerprint density at radius 2 is 1.79 bits per heavy atom. The number of rotatable bonds is 14. The van der Waals surface area contributed by atoms with Crippen molar-refractivity contribution in [2.45, 2.75) is 24.9 Å². The summed E-state index contributed by atoms with van der Waals surface area (Å²) in [6, 6.07) is 1.20. The number of aliphatic carboxylic acids is 1. The van der Waals surface area contributed by atoms with Crippen molar-refractivity contribution in [1.82, 2.24) is 10.6 Å². The van der Waals surface area contributed by atoms with Crippen LogP contribution < -0.4 is 25.8 Å². The molecule has 0 saturated carbocycles. The van der Waals surface area contributed by atoms with E-state index in [-0.39, 0.29) is 35.8 Å². The van der Waals surface area contributed by atoms with Gasteiger partial charge in [0.05, 0.1) is 14.2 Å². The standard InChI is InChI=1S/C20H29N3O8S.CH2O/c1-30-15-8-12(9-16(31-2)18(15)26)4-3-7-32-10-14(19(27)22-11-24)23-17(25)6-5-13(21)20(28)29;1-2/h3-4,8-9,13-14,24,26H,5-7,10-11,21H2,1-2H3,(H,22,27)(H,23,25)(H,28,29);1H2/b4-3+;. The summed E-state index contributed by atoms with van der Waals surface area (Å²) in [6.45, 7) is 1.42. The van der Waals surface area contributed by atoms with Crippen molar-refractivity contribution in [3.63, 3.8) is 0 Å². The summed E-state index contributed by atoms with van der Waals surface area (Å²) in [4.78, 5) is 42.9. The minimum absolute atomic E-state index is 0.0645. The van der Waals surface area contributed by atoms with Crippen molar-refractivity contribution in [2.75, 3.05) is 32.5 Å². The number of carbonyl (C=O) groups excluding carboxylic acids is 3. The zero-order chi connectivity index (χ0) is 26.1. The fraction of sp³-hybridized carbons (Fsp3) is 0.429. The van der Waals surface area contributed by atoms with E-state index in [1.165, 1.54) is 26.0 Å². The number of benzene rings is 1. The van der Waals surface area contributed by atoms with Gasteiger partial charge >= 0.3 is 5.97 Å². The van der Waals surface area contributed by atoms with E-state index in [0.29, 0.717) is 5.75 Å². The number of phenols is 1. The molecule has 190 valence electrons. The van der Waals surface area contributed by atoms with Crippen LogP contribution in [0, 0.1) is 0 Å². The van der Waals surface area contributed by atoms with Crippen molar-refractivity contribution < 1.29 is 44.0 Å². The van der Waals surface area contributed by atoms with Crippen LogP contribution >= 0.6 is 11.8 Å². The van der Waals surface area contributed by atoms with Crippen molar-refractivity contribution in [3.8, 4) is 17.2 Å². The Bertz CT molecular complexity index is 811. The predicted molar refractivity (Wildman–Crippen MR) is 127 cm³/mol. The van der Waals surface area contributed by atoms with Gasteiger partial charge in [0.1, 0.15) is 25.6 Å². The maximum atomic E-state index is 12.1. The molecular formula is C21H31N3O9S. The third-order valence-electron chi connectivity index (χ3n) is 4.22. The van der Waals surface area contributed by atoms with Crippen molar-refractivity contribution in [2.24, 2.45) is 5.73 Å². The second kappa shape index (κ2) is 17.2. The summed E-state index contributed by atoms with van der Waals surface area (Å²) in [5.74, 6) is -1.14. The first kappa shape index (κ1) is 30.7. The SMILES string of the molecule is C=O.COc1cc(/C=C/CSCC(NC(=O)CCC(N)C(=O)O)C(=O)NCO)cc(OC)c1O. The summed E-state index contributed by atoms with van der Waals surface area (Å²) in [6.07, 6.45) is 3.40. The molecule has 7 N–H and O–H groups in total. The summed E-state index contributed by atoms with van der Waals surface area (Å²) >= 11 is 1.35. The van der Waals surface area contributed by atoms with Crippen LogP contribution in [0.2, 0.25) is 0 Å². The summed E-state index contributed by atoms with van der Waals surface area (Å²) in [5.41, 5.74) is 6.11. The molecule has 12 nitrogen and oxygen atoms in total. The zero-order valence-electron chi connectivity index (χ0n) is 19.0. The van der Waals surface area contributed by atoms with Gasteiger partial charge in [-0.15, -0.1) is 0 Å². The third kappa shape index (κ3) is 11.0. The molecule has 13 heteroatoms. The summed E-state index contributed by atoms with van der Waals surface area (Å²) in [5, 5.41) is 32.4. The van der Waals surface area contributed by atoms with Crippen LogP contribution in [0.5, 0.6) is 17.2 Å². The molecule has 34 heavy (non-hydrogen) atoms. The van der Waals surface area contributed by atoms with E-state index in [9.17, 15) is 19.5 Å². The smallest absolute Gasteiger partial charge is 0.320 e. The summed E-state index contributed by atoms with van der Waals surface area (Å²) < 4.78 is 10.2. The zero-order valence-corrected chi connectivity index (χ0v) is 19.8. The largest absolute Gasteiger partial charge is 0.502 e. The van der Waals surface area contributed by atoms with Crippen LogP contribution in [-0.4, -0.2) is 84.4 Å². The fourth-order valence-corrected chi connectivity index (χ4v) is 3.35. The molecule has 0 aromatic heterocycles. The maximum absolute atomic E-state index is 12.1. The highest BCUT2D eigenvalue weighted by atomic mass is 32.2. The Labute approximate surface area is 201 Å². The number of aromatic hydroxyl groups is 1. The van der Waals surface area contributed by atoms with Crippen LogP contribution in [0.3, 0.4) is 0 Å². The van der Waals surface area contributed by atoms with Crippen molar-refractivity contribution in [3.05, 3.63) is 23.8 Å². The van der Waals surface area contributed by atoms with Gasteiger partial charge in [0.15, 0.2) is 11.5 Å². The third-order valence-corrected chi connectivity index (χ3v) is 5.21. The number of aliphatic hydroxyl groups excluding tert-OH is 1. The van der Waals surface area contributed by atoms with Crippen molar-refractivity contribution in [1.29, 1.82) is 0 Å². The molecule has 1 aromatic rings. The number of aliphatic hydroxyl groups is 1. The lowest BCUT2D eigenvalue weighted by atomic mass is 10.1. The lowest BCUT2D eigenvalue weighted by Crippen LogP contribution is -2.48. The number of phenolic OH excluding ortho intramolecular Hbond substituents is 1. The van der Waals surface area contributed by atoms with Crippen LogP contribution in [0.25, 0.3) is 6.08 Å². The molecule has 0 aliphatic rings. The topological polar surface area (TPSA) is 198 Å². The molecule has 2 unspecified atom stereocenters. The van der Waals surface area contributed by atoms with Crippen LogP contribution in [-0.2, 0) is 19.2 Å². The van der Waals surface area contributed by atoms with E-state index in [2.05, 4.69) is 10.6 Å². The normalized spacial score (nSPS) is 12.1. The van der Waals surface area contributed by atoms with E-state index in [0.717, 1.165) is 5.56 Å². The number of nitrogens with two attached hydrogens (primary N) is 1. The molecule has 0 aliphatic heterocycles. The van der Waals surface area contributed by atoms with Gasteiger partial charge in [-0.1, -0.05) is 12.2 Å². The second-order valence-corrected chi connectivity index (χ2v) is 7.59. The van der Waals surface area contributed by atoms with E-state index < -0.39 is 36.6 Å². The van der Waals surface area contributed by atoms with Crippen LogP contribution in [0.4, 0.5) is 0 Å². The number of methoxy groups -OCH3 is 2. The first-order valence-corrected chi connectivity index (χ1v) is 11.0. The van der Waals surface area contributed by atoms with E-state index in [4.69, 9.17) is 30.2 Å². The van der Waals surface area contributed by atoms with E-state index in [1.54, 1.807) is 18.2 Å². The molecule has 0 bridgehead atoms. The lowest BCUT2D eigenvalue weighted by Gasteiger charge is -2.17. The first-order valence-electron chi connectivity index (χ1n) is 9.87. The van der Waals surface area contributed by atoms with Gasteiger partial charge in [-0.3, -0.25) is 14.4 Å². The van der Waals surface area contributed by atoms with Gasteiger partial charge < -0.3 is 46.0 Å². The Kier molecular flexibility index (Phi) is 15.6. The van der Waals surface area contributed by atoms with Gasteiger partial charge in [-0.05, 0) is 24.1 Å². The van der Waals surface area contributed by atoms with Crippen LogP contribution in [0.1, 0.15) is 18.4 Å². The average Bonchev–Trinajstić information content (AvgIpc) is 2.83.